The van der Waals surface area contributed by atoms with E-state index in [0.717, 1.165) is 35.7 Å². The van der Waals surface area contributed by atoms with E-state index in [4.69, 9.17) is 4.74 Å². The molecule has 270 valence electrons. The van der Waals surface area contributed by atoms with Crippen LogP contribution in [0.1, 0.15) is 138 Å². The van der Waals surface area contributed by atoms with Crippen LogP contribution in [0.4, 0.5) is 0 Å². The fourth-order valence-corrected chi connectivity index (χ4v) is 14.2. The molecule has 1 aromatic carbocycles. The van der Waals surface area contributed by atoms with Crippen LogP contribution in [0.3, 0.4) is 0 Å². The Balaban J connectivity index is 1.05. The molecular weight excluding hydrogens is 596 g/mol. The van der Waals surface area contributed by atoms with Gasteiger partial charge in [0.25, 0.3) is 0 Å². The molecular formula is C43H68O5. The Kier molecular flexibility index (Phi) is 10.1. The summed E-state index contributed by atoms with van der Waals surface area (Å²) >= 11 is 0. The first-order chi connectivity index (χ1) is 22.6. The summed E-state index contributed by atoms with van der Waals surface area (Å²) in [6.45, 7) is 18.1. The second kappa shape index (κ2) is 13.3. The number of carbonyl (C=O) groups excluding carboxylic acids is 1. The lowest BCUT2D eigenvalue weighted by Gasteiger charge is -2.73. The number of hydrogen-bond donors (Lipinski definition) is 3. The first-order valence-corrected chi connectivity index (χ1v) is 19.8. The van der Waals surface area contributed by atoms with Crippen molar-refractivity contribution in [3.63, 3.8) is 0 Å². The largest absolute Gasteiger partial charge is 0.463 e. The quantitative estimate of drug-likeness (QED) is 0.218. The molecule has 5 heteroatoms. The van der Waals surface area contributed by atoms with Crippen molar-refractivity contribution in [3.8, 4) is 0 Å². The van der Waals surface area contributed by atoms with Crippen LogP contribution >= 0.6 is 0 Å². The van der Waals surface area contributed by atoms with E-state index < -0.39 is 24.3 Å². The molecule has 0 bridgehead atoms. The molecule has 0 aromatic heterocycles. The molecule has 0 heterocycles. The van der Waals surface area contributed by atoms with Gasteiger partial charge in [-0.05, 0) is 145 Å². The minimum absolute atomic E-state index is 0.114. The van der Waals surface area contributed by atoms with E-state index in [0.29, 0.717) is 45.3 Å². The average Bonchev–Trinajstić information content (AvgIpc) is 3.39. The third kappa shape index (κ3) is 6.02. The fraction of sp³-hybridized carbons (Fsp3) is 0.837. The topological polar surface area (TPSA) is 87.0 Å². The SMILES string of the molecule is C[C@H](CCC(O)C(O)C(O)COC(=O)Cc1ccccc1)[C@H]1CC[C@]2(C)[C@H]3CC[C@@H]4[C@@]5(C)CCCC(C)(C)[C@@H]5CC[C@@]4(C)[C@]3(C)CC[C@@H]12. The number of rotatable bonds is 10. The van der Waals surface area contributed by atoms with E-state index in [1.165, 1.54) is 70.6 Å². The van der Waals surface area contributed by atoms with Crippen LogP contribution in [-0.2, 0) is 16.0 Å². The Labute approximate surface area is 292 Å². The smallest absolute Gasteiger partial charge is 0.310 e. The standard InChI is InChI=1S/C43H68O5/c1-28(14-15-32(44)38(47)33(45)27-48-37(46)26-29-12-9-8-10-13-29)30-18-23-40(4)31(30)19-24-42(6)35(40)16-17-36-41(5)22-11-21-39(2,3)34(41)20-25-43(36,42)7/h8-10,12-13,28,30-36,38,44-45,47H,11,14-27H2,1-7H3/t28-,30-,31+,32?,33?,34+,35-,36-,38?,40+,41+,42-,43-/m1/s1. The van der Waals surface area contributed by atoms with Gasteiger partial charge in [0, 0.05) is 0 Å². The highest BCUT2D eigenvalue weighted by Gasteiger charge is 2.70. The fourth-order valence-electron chi connectivity index (χ4n) is 14.2. The van der Waals surface area contributed by atoms with Crippen molar-refractivity contribution in [2.45, 2.75) is 157 Å². The van der Waals surface area contributed by atoms with Crippen LogP contribution in [0.25, 0.3) is 0 Å². The molecule has 0 amide bonds. The van der Waals surface area contributed by atoms with E-state index in [9.17, 15) is 20.1 Å². The summed E-state index contributed by atoms with van der Waals surface area (Å²) < 4.78 is 5.23. The van der Waals surface area contributed by atoms with Crippen molar-refractivity contribution in [2.24, 2.45) is 62.6 Å². The van der Waals surface area contributed by atoms with Gasteiger partial charge in [-0.15, -0.1) is 0 Å². The van der Waals surface area contributed by atoms with Crippen molar-refractivity contribution >= 4 is 5.97 Å². The summed E-state index contributed by atoms with van der Waals surface area (Å²) in [5.74, 6) is 3.86. The number of aliphatic hydroxyl groups is 3. The number of aliphatic hydroxyl groups excluding tert-OH is 3. The minimum Gasteiger partial charge on any atom is -0.463 e. The zero-order valence-corrected chi connectivity index (χ0v) is 31.3. The maximum Gasteiger partial charge on any atom is 0.310 e. The second-order valence-electron chi connectivity index (χ2n) is 19.3. The molecule has 5 nitrogen and oxygen atoms in total. The lowest BCUT2D eigenvalue weighted by Crippen LogP contribution is -2.65. The van der Waals surface area contributed by atoms with Gasteiger partial charge >= 0.3 is 5.97 Å². The predicted molar refractivity (Wildman–Crippen MR) is 192 cm³/mol. The van der Waals surface area contributed by atoms with Crippen molar-refractivity contribution in [1.82, 2.24) is 0 Å². The number of ether oxygens (including phenoxy) is 1. The van der Waals surface area contributed by atoms with Crippen LogP contribution < -0.4 is 0 Å². The van der Waals surface area contributed by atoms with Gasteiger partial charge in [-0.25, -0.2) is 0 Å². The molecule has 3 unspecified atom stereocenters. The number of hydrogen-bond acceptors (Lipinski definition) is 5. The zero-order chi connectivity index (χ0) is 34.7. The molecule has 6 rings (SSSR count). The van der Waals surface area contributed by atoms with Gasteiger partial charge in [-0.1, -0.05) is 85.2 Å². The molecule has 5 aliphatic carbocycles. The molecule has 0 aliphatic heterocycles. The Morgan fingerprint density at radius 3 is 2.08 bits per heavy atom. The summed E-state index contributed by atoms with van der Waals surface area (Å²) in [7, 11) is 0. The summed E-state index contributed by atoms with van der Waals surface area (Å²) in [5.41, 5.74) is 2.99. The maximum atomic E-state index is 12.2. The molecule has 0 spiro atoms. The van der Waals surface area contributed by atoms with Crippen molar-refractivity contribution in [1.29, 1.82) is 0 Å². The van der Waals surface area contributed by atoms with Gasteiger partial charge in [0.05, 0.1) is 12.5 Å². The van der Waals surface area contributed by atoms with Crippen molar-refractivity contribution in [3.05, 3.63) is 35.9 Å². The number of benzene rings is 1. The van der Waals surface area contributed by atoms with Crippen LogP contribution in [0, 0.1) is 62.6 Å². The van der Waals surface area contributed by atoms with Crippen LogP contribution in [-0.4, -0.2) is 46.2 Å². The highest BCUT2D eigenvalue weighted by atomic mass is 16.5. The van der Waals surface area contributed by atoms with Gasteiger partial charge in [0.2, 0.25) is 0 Å². The van der Waals surface area contributed by atoms with Gasteiger partial charge in [0.15, 0.2) is 0 Å². The van der Waals surface area contributed by atoms with Crippen LogP contribution in [0.2, 0.25) is 0 Å². The summed E-state index contributed by atoms with van der Waals surface area (Å²) in [5, 5.41) is 32.1. The Morgan fingerprint density at radius 1 is 0.750 bits per heavy atom. The summed E-state index contributed by atoms with van der Waals surface area (Å²) in [6.07, 6.45) is 12.8. The molecule has 5 saturated carbocycles. The van der Waals surface area contributed by atoms with E-state index >= 15 is 0 Å². The van der Waals surface area contributed by atoms with E-state index in [1.807, 2.05) is 30.3 Å². The monoisotopic (exact) mass is 665 g/mol. The maximum absolute atomic E-state index is 12.2. The number of esters is 1. The summed E-state index contributed by atoms with van der Waals surface area (Å²) in [4.78, 5) is 12.2. The van der Waals surface area contributed by atoms with Gasteiger partial charge in [-0.3, -0.25) is 4.79 Å². The molecule has 5 fully saturated rings. The average molecular weight is 665 g/mol. The van der Waals surface area contributed by atoms with Gasteiger partial charge < -0.3 is 20.1 Å². The van der Waals surface area contributed by atoms with Crippen LogP contribution in [0.15, 0.2) is 30.3 Å². The van der Waals surface area contributed by atoms with Crippen molar-refractivity contribution < 1.29 is 24.9 Å². The minimum atomic E-state index is -1.34. The summed E-state index contributed by atoms with van der Waals surface area (Å²) in [6, 6.07) is 9.32. The Morgan fingerprint density at radius 2 is 1.40 bits per heavy atom. The lowest BCUT2D eigenvalue weighted by atomic mass is 9.32. The third-order valence-electron chi connectivity index (χ3n) is 16.8. The molecule has 48 heavy (non-hydrogen) atoms. The van der Waals surface area contributed by atoms with Gasteiger partial charge in [-0.2, -0.15) is 0 Å². The van der Waals surface area contributed by atoms with E-state index in [2.05, 4.69) is 48.5 Å². The lowest BCUT2D eigenvalue weighted by molar-refractivity contribution is -0.241. The molecule has 3 N–H and O–H groups in total. The van der Waals surface area contributed by atoms with Crippen LogP contribution in [0.5, 0.6) is 0 Å². The highest BCUT2D eigenvalue weighted by Crippen LogP contribution is 2.78. The first-order valence-electron chi connectivity index (χ1n) is 19.8. The highest BCUT2D eigenvalue weighted by molar-refractivity contribution is 5.72. The predicted octanol–water partition coefficient (Wildman–Crippen LogP) is 8.76. The number of carbonyl (C=O) groups is 1. The molecule has 1 aromatic rings. The molecule has 13 atom stereocenters. The number of fused-ring (bicyclic) bond motifs is 7. The molecule has 5 aliphatic rings. The molecule has 0 radical (unpaired) electrons. The normalized spacial score (nSPS) is 42.7. The van der Waals surface area contributed by atoms with E-state index in [1.54, 1.807) is 0 Å². The Bertz CT molecular complexity index is 1280. The first kappa shape index (κ1) is 36.4. The third-order valence-corrected chi connectivity index (χ3v) is 16.8. The molecule has 0 saturated heterocycles. The van der Waals surface area contributed by atoms with Gasteiger partial charge in [0.1, 0.15) is 18.8 Å². The zero-order valence-electron chi connectivity index (χ0n) is 31.3. The Hall–Kier alpha value is -1.43. The van der Waals surface area contributed by atoms with E-state index in [-0.39, 0.29) is 13.0 Å². The second-order valence-corrected chi connectivity index (χ2v) is 19.3. The van der Waals surface area contributed by atoms with Crippen molar-refractivity contribution in [2.75, 3.05) is 6.61 Å².